The Hall–Kier alpha value is -1.02. The maximum atomic E-state index is 13.7. The molecule has 2 rings (SSSR count). The molecule has 5 nitrogen and oxygen atoms in total. The largest absolute Gasteiger partial charge is 0.392 e. The first-order valence-electron chi connectivity index (χ1n) is 7.11. The van der Waals surface area contributed by atoms with Crippen LogP contribution in [-0.4, -0.2) is 44.1 Å². The van der Waals surface area contributed by atoms with Gasteiger partial charge in [-0.15, -0.1) is 0 Å². The lowest BCUT2D eigenvalue weighted by Crippen LogP contribution is -2.36. The highest BCUT2D eigenvalue weighted by Crippen LogP contribution is 2.26. The summed E-state index contributed by atoms with van der Waals surface area (Å²) >= 11 is 0. The molecule has 1 aliphatic rings. The van der Waals surface area contributed by atoms with Crippen LogP contribution < -0.4 is 4.72 Å². The van der Waals surface area contributed by atoms with E-state index in [4.69, 9.17) is 5.11 Å². The second-order valence-electron chi connectivity index (χ2n) is 5.18. The molecule has 0 aromatic heterocycles. The Balaban J connectivity index is 2.00. The number of aliphatic hydroxyl groups is 1. The molecule has 0 saturated heterocycles. The van der Waals surface area contributed by atoms with Crippen molar-refractivity contribution in [2.24, 2.45) is 0 Å². The molecular weight excluding hydrogens is 295 g/mol. The van der Waals surface area contributed by atoms with Gasteiger partial charge < -0.3 is 5.11 Å². The van der Waals surface area contributed by atoms with Gasteiger partial charge in [0.05, 0.1) is 6.61 Å². The number of nitrogens with zero attached hydrogens (tertiary/aromatic N) is 1. The normalized spacial score (nSPS) is 15.6. The summed E-state index contributed by atoms with van der Waals surface area (Å²) in [7, 11) is -3.90. The summed E-state index contributed by atoms with van der Waals surface area (Å²) in [5, 5.41) is 9.02. The van der Waals surface area contributed by atoms with Crippen LogP contribution in [0.3, 0.4) is 0 Å². The minimum atomic E-state index is -3.90. The van der Waals surface area contributed by atoms with Crippen molar-refractivity contribution < 1.29 is 17.9 Å². The van der Waals surface area contributed by atoms with Gasteiger partial charge >= 0.3 is 0 Å². The van der Waals surface area contributed by atoms with E-state index in [-0.39, 0.29) is 13.2 Å². The number of benzene rings is 1. The molecule has 1 aromatic carbocycles. The van der Waals surface area contributed by atoms with Crippen LogP contribution >= 0.6 is 0 Å². The first-order valence-corrected chi connectivity index (χ1v) is 8.59. The van der Waals surface area contributed by atoms with E-state index < -0.39 is 20.7 Å². The molecule has 0 radical (unpaired) electrons. The van der Waals surface area contributed by atoms with Gasteiger partial charge in [0.15, 0.2) is 0 Å². The zero-order chi connectivity index (χ0) is 15.5. The second-order valence-corrected chi connectivity index (χ2v) is 6.92. The van der Waals surface area contributed by atoms with Crippen molar-refractivity contribution in [3.63, 3.8) is 0 Å². The fourth-order valence-corrected chi connectivity index (χ4v) is 3.44. The summed E-state index contributed by atoms with van der Waals surface area (Å²) in [6.45, 7) is 3.45. The first kappa shape index (κ1) is 16.4. The zero-order valence-corrected chi connectivity index (χ0v) is 12.9. The predicted molar refractivity (Wildman–Crippen MR) is 77.8 cm³/mol. The summed E-state index contributed by atoms with van der Waals surface area (Å²) in [6, 6.07) is 4.15. The number of hydrogen-bond donors (Lipinski definition) is 2. The van der Waals surface area contributed by atoms with Gasteiger partial charge in [0.1, 0.15) is 10.7 Å². The van der Waals surface area contributed by atoms with Gasteiger partial charge in [-0.25, -0.2) is 17.5 Å². The van der Waals surface area contributed by atoms with E-state index in [0.717, 1.165) is 31.5 Å². The SMILES string of the molecule is CCN(CCNS(=O)(=O)c1cc(CO)ccc1F)C1CC1. The van der Waals surface area contributed by atoms with Gasteiger partial charge in [0.25, 0.3) is 0 Å². The maximum absolute atomic E-state index is 13.7. The Morgan fingerprint density at radius 2 is 2.14 bits per heavy atom. The fourth-order valence-electron chi connectivity index (χ4n) is 2.29. The van der Waals surface area contributed by atoms with Gasteiger partial charge in [0, 0.05) is 19.1 Å². The quantitative estimate of drug-likeness (QED) is 0.753. The van der Waals surface area contributed by atoms with Crippen LogP contribution in [0, 0.1) is 5.82 Å². The lowest BCUT2D eigenvalue weighted by Gasteiger charge is -2.19. The van der Waals surface area contributed by atoms with E-state index in [0.29, 0.717) is 18.2 Å². The highest BCUT2D eigenvalue weighted by molar-refractivity contribution is 7.89. The van der Waals surface area contributed by atoms with Crippen LogP contribution in [0.15, 0.2) is 23.1 Å². The van der Waals surface area contributed by atoms with Crippen LogP contribution in [0.2, 0.25) is 0 Å². The van der Waals surface area contributed by atoms with Crippen LogP contribution in [0.1, 0.15) is 25.3 Å². The minimum Gasteiger partial charge on any atom is -0.392 e. The standard InChI is InChI=1S/C14H21FN2O3S/c1-2-17(12-4-5-12)8-7-16-21(19,20)14-9-11(10-18)3-6-13(14)15/h3,6,9,12,16,18H,2,4-5,7-8,10H2,1H3. The Morgan fingerprint density at radius 1 is 1.43 bits per heavy atom. The third-order valence-corrected chi connectivity index (χ3v) is 5.10. The molecule has 1 aromatic rings. The molecule has 7 heteroatoms. The number of aliphatic hydroxyl groups excluding tert-OH is 1. The summed E-state index contributed by atoms with van der Waals surface area (Å²) in [6.07, 6.45) is 2.32. The fraction of sp³-hybridized carbons (Fsp3) is 0.571. The van der Waals surface area contributed by atoms with Crippen molar-refractivity contribution in [1.29, 1.82) is 0 Å². The lowest BCUT2D eigenvalue weighted by atomic mass is 10.2. The van der Waals surface area contributed by atoms with Gasteiger partial charge in [-0.2, -0.15) is 0 Å². The summed E-state index contributed by atoms with van der Waals surface area (Å²) in [5.74, 6) is -0.811. The predicted octanol–water partition coefficient (Wildman–Crippen LogP) is 1.08. The molecule has 1 aliphatic carbocycles. The van der Waals surface area contributed by atoms with Crippen molar-refractivity contribution in [3.05, 3.63) is 29.6 Å². The van der Waals surface area contributed by atoms with E-state index in [2.05, 4.69) is 9.62 Å². The molecule has 1 fully saturated rings. The molecular formula is C14H21FN2O3S. The van der Waals surface area contributed by atoms with E-state index in [1.807, 2.05) is 6.92 Å². The average molecular weight is 316 g/mol. The van der Waals surface area contributed by atoms with Gasteiger partial charge in [-0.3, -0.25) is 4.90 Å². The van der Waals surface area contributed by atoms with E-state index in [9.17, 15) is 12.8 Å². The molecule has 1 saturated carbocycles. The highest BCUT2D eigenvalue weighted by Gasteiger charge is 2.27. The molecule has 21 heavy (non-hydrogen) atoms. The summed E-state index contributed by atoms with van der Waals surface area (Å²) in [4.78, 5) is 1.80. The molecule has 118 valence electrons. The second kappa shape index (κ2) is 6.83. The van der Waals surface area contributed by atoms with E-state index in [1.165, 1.54) is 6.07 Å². The molecule has 0 amide bonds. The Kier molecular flexibility index (Phi) is 5.32. The van der Waals surface area contributed by atoms with Crippen molar-refractivity contribution in [1.82, 2.24) is 9.62 Å². The smallest absolute Gasteiger partial charge is 0.243 e. The van der Waals surface area contributed by atoms with Crippen molar-refractivity contribution in [3.8, 4) is 0 Å². The van der Waals surface area contributed by atoms with Gasteiger partial charge in [0.2, 0.25) is 10.0 Å². The monoisotopic (exact) mass is 316 g/mol. The molecule has 0 aliphatic heterocycles. The van der Waals surface area contributed by atoms with Crippen LogP contribution in [-0.2, 0) is 16.6 Å². The number of likely N-dealkylation sites (N-methyl/N-ethyl adjacent to an activating group) is 1. The van der Waals surface area contributed by atoms with Gasteiger partial charge in [-0.05, 0) is 37.1 Å². The Labute approximate surface area is 124 Å². The molecule has 0 atom stereocenters. The van der Waals surface area contributed by atoms with Crippen molar-refractivity contribution in [2.45, 2.75) is 37.3 Å². The number of nitrogens with one attached hydrogen (secondary N) is 1. The van der Waals surface area contributed by atoms with Crippen LogP contribution in [0.4, 0.5) is 4.39 Å². The van der Waals surface area contributed by atoms with E-state index >= 15 is 0 Å². The summed E-state index contributed by atoms with van der Waals surface area (Å²) in [5.41, 5.74) is 0.366. The van der Waals surface area contributed by atoms with Crippen molar-refractivity contribution in [2.75, 3.05) is 19.6 Å². The Morgan fingerprint density at radius 3 is 2.71 bits per heavy atom. The van der Waals surface area contributed by atoms with E-state index in [1.54, 1.807) is 0 Å². The average Bonchev–Trinajstić information content (AvgIpc) is 3.28. The molecule has 0 bridgehead atoms. The third kappa shape index (κ3) is 4.23. The number of sulfonamides is 1. The molecule has 0 heterocycles. The maximum Gasteiger partial charge on any atom is 0.243 e. The number of rotatable bonds is 8. The minimum absolute atomic E-state index is 0.246. The molecule has 2 N–H and O–H groups in total. The third-order valence-electron chi connectivity index (χ3n) is 3.63. The molecule has 0 unspecified atom stereocenters. The van der Waals surface area contributed by atoms with Crippen LogP contribution in [0.25, 0.3) is 0 Å². The zero-order valence-electron chi connectivity index (χ0n) is 12.0. The number of halogens is 1. The molecule has 0 spiro atoms. The lowest BCUT2D eigenvalue weighted by molar-refractivity contribution is 0.281. The van der Waals surface area contributed by atoms with Crippen LogP contribution in [0.5, 0.6) is 0 Å². The summed E-state index contributed by atoms with van der Waals surface area (Å²) < 4.78 is 40.4. The number of hydrogen-bond acceptors (Lipinski definition) is 4. The Bertz CT molecular complexity index is 588. The topological polar surface area (TPSA) is 69.6 Å². The first-order chi connectivity index (χ1) is 9.97. The van der Waals surface area contributed by atoms with Gasteiger partial charge in [-0.1, -0.05) is 13.0 Å². The van der Waals surface area contributed by atoms with Crippen molar-refractivity contribution >= 4 is 10.0 Å². The highest BCUT2D eigenvalue weighted by atomic mass is 32.2.